The molecule has 1 heterocycles. The summed E-state index contributed by atoms with van der Waals surface area (Å²) >= 11 is 0. The van der Waals surface area contributed by atoms with E-state index in [1.165, 1.54) is 5.59 Å². The maximum Gasteiger partial charge on any atom is 0.322 e. The Labute approximate surface area is 142 Å². The maximum atomic E-state index is 11.5. The first kappa shape index (κ1) is 21.2. The van der Waals surface area contributed by atoms with E-state index in [0.717, 1.165) is 5.01 Å². The Bertz CT molecular complexity index is 492. The van der Waals surface area contributed by atoms with Gasteiger partial charge in [-0.1, -0.05) is 5.59 Å². The monoisotopic (exact) mass is 365 g/mol. The van der Waals surface area contributed by atoms with Gasteiger partial charge in [0.05, 0.1) is 0 Å². The minimum absolute atomic E-state index is 0.0259. The van der Waals surface area contributed by atoms with Crippen molar-refractivity contribution in [1.82, 2.24) is 20.8 Å². The van der Waals surface area contributed by atoms with Gasteiger partial charge in [0, 0.05) is 19.6 Å². The van der Waals surface area contributed by atoms with Crippen LogP contribution < -0.4 is 11.3 Å². The van der Waals surface area contributed by atoms with Gasteiger partial charge in [-0.2, -0.15) is 5.01 Å². The van der Waals surface area contributed by atoms with Crippen LogP contribution in [0.4, 0.5) is 0 Å². The van der Waals surface area contributed by atoms with Crippen molar-refractivity contribution in [2.75, 3.05) is 19.6 Å². The number of aliphatic carboxylic acids is 3. The lowest BCUT2D eigenvalue weighted by Gasteiger charge is -2.40. The van der Waals surface area contributed by atoms with Crippen molar-refractivity contribution in [2.45, 2.75) is 37.4 Å². The molecule has 3 atom stereocenters. The predicted molar refractivity (Wildman–Crippen MR) is 79.1 cm³/mol. The maximum absolute atomic E-state index is 11.5. The van der Waals surface area contributed by atoms with E-state index in [1.54, 1.807) is 4.90 Å². The number of hydrogen-bond acceptors (Lipinski definition) is 10. The summed E-state index contributed by atoms with van der Waals surface area (Å²) in [5.74, 6) is -3.63. The molecule has 144 valence electrons. The highest BCUT2D eigenvalue weighted by molar-refractivity contribution is 5.75. The lowest BCUT2D eigenvalue weighted by molar-refractivity contribution is -0.343. The summed E-state index contributed by atoms with van der Waals surface area (Å²) in [6.07, 6.45) is 0.202. The molecular formula is C12H23N5O8. The molecule has 0 aromatic heterocycles. The lowest BCUT2D eigenvalue weighted by Crippen LogP contribution is -2.58. The smallest absolute Gasteiger partial charge is 0.322 e. The topological polar surface area (TPSA) is 200 Å². The SMILES string of the molecule is N[C@@H](CCN([C@@H](CCN1CC[C@H]1C(=O)O)C(=O)O)N(O)NO)C(=O)O. The van der Waals surface area contributed by atoms with Crippen LogP contribution in [-0.4, -0.2) is 96.6 Å². The van der Waals surface area contributed by atoms with Crippen molar-refractivity contribution in [3.63, 3.8) is 0 Å². The molecule has 0 amide bonds. The molecule has 1 rings (SSSR count). The molecule has 0 radical (unpaired) electrons. The van der Waals surface area contributed by atoms with Gasteiger partial charge in [-0.3, -0.25) is 29.7 Å². The molecule has 1 aliphatic heterocycles. The first-order valence-corrected chi connectivity index (χ1v) is 7.52. The molecule has 0 saturated carbocycles. The van der Waals surface area contributed by atoms with Crippen LogP contribution in [-0.2, 0) is 14.4 Å². The number of hydrazine groups is 2. The van der Waals surface area contributed by atoms with Gasteiger partial charge < -0.3 is 21.1 Å². The Morgan fingerprint density at radius 2 is 1.84 bits per heavy atom. The standard InChI is InChI=1S/C12H23N5O8/c13-7(10(18)19)1-6-16(17(25)14-24)9(12(22)23)3-5-15-4-2-8(15)11(20)21/h7-9,14,24-25H,1-6,13H2,(H,18,19)(H,20,21)(H,22,23)/t7-,8-,9-/m0/s1. The fourth-order valence-corrected chi connectivity index (χ4v) is 2.51. The van der Waals surface area contributed by atoms with Crippen molar-refractivity contribution < 1.29 is 40.1 Å². The van der Waals surface area contributed by atoms with Crippen molar-refractivity contribution in [3.05, 3.63) is 0 Å². The van der Waals surface area contributed by atoms with E-state index in [2.05, 4.69) is 0 Å². The number of likely N-dealkylation sites (tertiary alicyclic amines) is 1. The fourth-order valence-electron chi connectivity index (χ4n) is 2.51. The van der Waals surface area contributed by atoms with Crippen LogP contribution >= 0.6 is 0 Å². The number of nitrogens with one attached hydrogen (secondary N) is 1. The first-order valence-electron chi connectivity index (χ1n) is 7.52. The normalized spacial score (nSPS) is 20.3. The van der Waals surface area contributed by atoms with Crippen LogP contribution in [0.3, 0.4) is 0 Å². The minimum atomic E-state index is -1.35. The van der Waals surface area contributed by atoms with E-state index in [9.17, 15) is 24.7 Å². The average molecular weight is 365 g/mol. The molecule has 0 unspecified atom stereocenters. The third-order valence-electron chi connectivity index (χ3n) is 4.07. The number of carboxylic acids is 3. The molecule has 0 aliphatic carbocycles. The van der Waals surface area contributed by atoms with E-state index >= 15 is 0 Å². The Kier molecular flexibility index (Phi) is 8.11. The quantitative estimate of drug-likeness (QED) is 0.180. The third kappa shape index (κ3) is 5.86. The zero-order valence-corrected chi connectivity index (χ0v) is 13.4. The number of carbonyl (C=O) groups is 3. The Balaban J connectivity index is 2.73. The van der Waals surface area contributed by atoms with Crippen molar-refractivity contribution in [1.29, 1.82) is 0 Å². The number of hydrogen-bond donors (Lipinski definition) is 7. The van der Waals surface area contributed by atoms with Gasteiger partial charge in [0.15, 0.2) is 0 Å². The van der Waals surface area contributed by atoms with Crippen molar-refractivity contribution in [2.24, 2.45) is 5.73 Å². The molecule has 1 fully saturated rings. The highest BCUT2D eigenvalue weighted by Crippen LogP contribution is 2.19. The summed E-state index contributed by atoms with van der Waals surface area (Å²) in [6, 6.07) is -3.30. The van der Waals surface area contributed by atoms with Crippen LogP contribution in [0.25, 0.3) is 0 Å². The van der Waals surface area contributed by atoms with E-state index in [1.807, 2.05) is 0 Å². The summed E-state index contributed by atoms with van der Waals surface area (Å²) in [5.41, 5.74) is 6.71. The zero-order valence-electron chi connectivity index (χ0n) is 13.4. The predicted octanol–water partition coefficient (Wildman–Crippen LogP) is -2.41. The van der Waals surface area contributed by atoms with E-state index in [-0.39, 0.29) is 31.2 Å². The lowest BCUT2D eigenvalue weighted by atomic mass is 10.0. The highest BCUT2D eigenvalue weighted by Gasteiger charge is 2.36. The van der Waals surface area contributed by atoms with Gasteiger partial charge in [-0.15, -0.1) is 0 Å². The molecule has 0 aromatic rings. The molecule has 25 heavy (non-hydrogen) atoms. The molecule has 0 bridgehead atoms. The summed E-state index contributed by atoms with van der Waals surface area (Å²) in [7, 11) is 0. The number of rotatable bonds is 12. The second kappa shape index (κ2) is 9.57. The summed E-state index contributed by atoms with van der Waals surface area (Å²) < 4.78 is 0. The molecular weight excluding hydrogens is 342 g/mol. The Hall–Kier alpha value is -1.87. The molecule has 8 N–H and O–H groups in total. The zero-order chi connectivity index (χ0) is 19.1. The summed E-state index contributed by atoms with van der Waals surface area (Å²) in [4.78, 5) is 34.8. The van der Waals surface area contributed by atoms with E-state index in [4.69, 9.17) is 21.2 Å². The second-order valence-corrected chi connectivity index (χ2v) is 5.61. The Morgan fingerprint density at radius 3 is 2.24 bits per heavy atom. The van der Waals surface area contributed by atoms with Crippen LogP contribution in [0.15, 0.2) is 0 Å². The van der Waals surface area contributed by atoms with Crippen LogP contribution in [0.2, 0.25) is 0 Å². The van der Waals surface area contributed by atoms with Gasteiger partial charge in [0.1, 0.15) is 18.1 Å². The number of carboxylic acid groups (broad SMARTS) is 3. The first-order chi connectivity index (χ1) is 11.7. The van der Waals surface area contributed by atoms with Gasteiger partial charge in [-0.05, 0) is 24.5 Å². The third-order valence-corrected chi connectivity index (χ3v) is 4.07. The summed E-state index contributed by atoms with van der Waals surface area (Å²) in [6.45, 7) is 0.361. The van der Waals surface area contributed by atoms with Crippen molar-refractivity contribution >= 4 is 17.9 Å². The Morgan fingerprint density at radius 1 is 1.20 bits per heavy atom. The molecule has 13 nitrogen and oxygen atoms in total. The largest absolute Gasteiger partial charge is 0.480 e. The van der Waals surface area contributed by atoms with Gasteiger partial charge in [0.25, 0.3) is 0 Å². The molecule has 1 aliphatic rings. The van der Waals surface area contributed by atoms with Gasteiger partial charge >= 0.3 is 17.9 Å². The highest BCUT2D eigenvalue weighted by atomic mass is 16.7. The van der Waals surface area contributed by atoms with Crippen molar-refractivity contribution in [3.8, 4) is 0 Å². The van der Waals surface area contributed by atoms with Crippen LogP contribution in [0.1, 0.15) is 19.3 Å². The van der Waals surface area contributed by atoms with E-state index in [0.29, 0.717) is 13.0 Å². The molecule has 13 heteroatoms. The van der Waals surface area contributed by atoms with Crippen LogP contribution in [0, 0.1) is 0 Å². The fraction of sp³-hybridized carbons (Fsp3) is 0.750. The summed E-state index contributed by atoms with van der Waals surface area (Å²) in [5, 5.41) is 46.4. The molecule has 1 saturated heterocycles. The van der Waals surface area contributed by atoms with Crippen LogP contribution in [0.5, 0.6) is 0 Å². The van der Waals surface area contributed by atoms with Gasteiger partial charge in [-0.25, -0.2) is 0 Å². The average Bonchev–Trinajstić information content (AvgIpc) is 2.50. The molecule has 0 spiro atoms. The van der Waals surface area contributed by atoms with Gasteiger partial charge in [0.2, 0.25) is 0 Å². The van der Waals surface area contributed by atoms with E-state index < -0.39 is 36.0 Å². The minimum Gasteiger partial charge on any atom is -0.480 e. The number of nitrogens with zero attached hydrogens (tertiary/aromatic N) is 3. The number of nitrogens with two attached hydrogens (primary N) is 1. The second-order valence-electron chi connectivity index (χ2n) is 5.61. The molecule has 0 aromatic carbocycles.